The maximum Gasteiger partial charge on any atom is 0.242 e. The molecule has 0 aromatic carbocycles. The molecule has 1 aromatic rings. The maximum atomic E-state index is 11.8. The Morgan fingerprint density at radius 3 is 2.42 bits per heavy atom. The molecule has 106 valence electrons. The molecule has 3 N–H and O–H groups in total. The van der Waals surface area contributed by atoms with E-state index < -0.39 is 19.9 Å². The SMILES string of the molecule is CS(=O)(=O)CCNS(=O)(=O)c1ccc(C(N)=S)nc1. The van der Waals surface area contributed by atoms with E-state index in [9.17, 15) is 16.8 Å². The van der Waals surface area contributed by atoms with Crippen LogP contribution in [0.15, 0.2) is 23.2 Å². The first-order valence-corrected chi connectivity index (χ1v) is 9.00. The first-order valence-electron chi connectivity index (χ1n) is 5.05. The lowest BCUT2D eigenvalue weighted by atomic mass is 10.3. The molecule has 0 radical (unpaired) electrons. The summed E-state index contributed by atoms with van der Waals surface area (Å²) in [5.41, 5.74) is 5.65. The van der Waals surface area contributed by atoms with Gasteiger partial charge in [0.1, 0.15) is 19.7 Å². The average Bonchev–Trinajstić information content (AvgIpc) is 2.27. The van der Waals surface area contributed by atoms with E-state index in [1.807, 2.05) is 0 Å². The summed E-state index contributed by atoms with van der Waals surface area (Å²) in [7, 11) is -7.01. The second kappa shape index (κ2) is 5.90. The predicted octanol–water partition coefficient (Wildman–Crippen LogP) is -0.961. The number of nitrogens with zero attached hydrogens (tertiary/aromatic N) is 1. The van der Waals surface area contributed by atoms with Gasteiger partial charge in [0.15, 0.2) is 0 Å². The molecule has 0 atom stereocenters. The highest BCUT2D eigenvalue weighted by molar-refractivity contribution is 7.91. The minimum atomic E-state index is -3.79. The number of aromatic nitrogens is 1. The van der Waals surface area contributed by atoms with Crippen LogP contribution < -0.4 is 10.5 Å². The van der Waals surface area contributed by atoms with Crippen LogP contribution in [-0.4, -0.2) is 45.4 Å². The van der Waals surface area contributed by atoms with Gasteiger partial charge >= 0.3 is 0 Å². The van der Waals surface area contributed by atoms with Crippen molar-refractivity contribution in [3.63, 3.8) is 0 Å². The van der Waals surface area contributed by atoms with Gasteiger partial charge in [0.05, 0.1) is 11.4 Å². The maximum absolute atomic E-state index is 11.8. The molecule has 0 spiro atoms. The highest BCUT2D eigenvalue weighted by Gasteiger charge is 2.15. The number of hydrogen-bond acceptors (Lipinski definition) is 6. The number of sulfone groups is 1. The number of nitrogens with one attached hydrogen (secondary N) is 1. The predicted molar refractivity (Wildman–Crippen MR) is 75.0 cm³/mol. The van der Waals surface area contributed by atoms with Crippen molar-refractivity contribution < 1.29 is 16.8 Å². The van der Waals surface area contributed by atoms with Gasteiger partial charge < -0.3 is 5.73 Å². The minimum absolute atomic E-state index is 0.0639. The Balaban J connectivity index is 2.80. The van der Waals surface area contributed by atoms with Gasteiger partial charge in [-0.05, 0) is 12.1 Å². The van der Waals surface area contributed by atoms with Crippen molar-refractivity contribution in [2.24, 2.45) is 5.73 Å². The molecule has 0 aliphatic heterocycles. The molecule has 7 nitrogen and oxygen atoms in total. The molecular formula is C9H13N3O4S3. The topological polar surface area (TPSA) is 119 Å². The van der Waals surface area contributed by atoms with Gasteiger partial charge in [0.25, 0.3) is 0 Å². The molecule has 0 aliphatic carbocycles. The molecule has 1 heterocycles. The van der Waals surface area contributed by atoms with Crippen molar-refractivity contribution in [2.75, 3.05) is 18.6 Å². The first-order chi connectivity index (χ1) is 8.62. The number of pyridine rings is 1. The van der Waals surface area contributed by atoms with E-state index in [0.717, 1.165) is 12.5 Å². The van der Waals surface area contributed by atoms with Crippen LogP contribution >= 0.6 is 12.2 Å². The Morgan fingerprint density at radius 2 is 2.00 bits per heavy atom. The van der Waals surface area contributed by atoms with Crippen LogP contribution in [0.25, 0.3) is 0 Å². The van der Waals surface area contributed by atoms with Crippen LogP contribution in [0, 0.1) is 0 Å². The second-order valence-corrected chi connectivity index (χ2v) is 8.24. The molecule has 0 fully saturated rings. The van der Waals surface area contributed by atoms with Crippen molar-refractivity contribution in [3.05, 3.63) is 24.0 Å². The van der Waals surface area contributed by atoms with E-state index in [1.165, 1.54) is 12.1 Å². The molecule has 10 heteroatoms. The van der Waals surface area contributed by atoms with Crippen molar-refractivity contribution in [1.82, 2.24) is 9.71 Å². The van der Waals surface area contributed by atoms with Crippen molar-refractivity contribution in [1.29, 1.82) is 0 Å². The number of nitrogens with two attached hydrogens (primary N) is 1. The average molecular weight is 323 g/mol. The Bertz CT molecular complexity index is 665. The fourth-order valence-electron chi connectivity index (χ4n) is 1.13. The first kappa shape index (κ1) is 16.0. The van der Waals surface area contributed by atoms with E-state index in [0.29, 0.717) is 5.69 Å². The summed E-state index contributed by atoms with van der Waals surface area (Å²) in [6.45, 7) is -0.196. The third-order valence-electron chi connectivity index (χ3n) is 2.06. The lowest BCUT2D eigenvalue weighted by Crippen LogP contribution is -2.29. The lowest BCUT2D eigenvalue weighted by molar-refractivity contribution is 0.581. The fourth-order valence-corrected chi connectivity index (χ4v) is 2.83. The summed E-state index contributed by atoms with van der Waals surface area (Å²) < 4.78 is 47.5. The van der Waals surface area contributed by atoms with E-state index in [2.05, 4.69) is 9.71 Å². The van der Waals surface area contributed by atoms with Gasteiger partial charge in [0, 0.05) is 19.0 Å². The van der Waals surface area contributed by atoms with Crippen molar-refractivity contribution in [2.45, 2.75) is 4.90 Å². The Kier molecular flexibility index (Phi) is 4.96. The minimum Gasteiger partial charge on any atom is -0.388 e. The van der Waals surface area contributed by atoms with Crippen LogP contribution in [0.5, 0.6) is 0 Å². The lowest BCUT2D eigenvalue weighted by Gasteiger charge is -2.06. The van der Waals surface area contributed by atoms with Crippen LogP contribution in [0.4, 0.5) is 0 Å². The van der Waals surface area contributed by atoms with Gasteiger partial charge in [0.2, 0.25) is 10.0 Å². The van der Waals surface area contributed by atoms with E-state index in [1.54, 1.807) is 0 Å². The third kappa shape index (κ3) is 5.19. The molecule has 0 saturated heterocycles. The van der Waals surface area contributed by atoms with Gasteiger partial charge in [-0.1, -0.05) is 12.2 Å². The summed E-state index contributed by atoms with van der Waals surface area (Å²) in [6.07, 6.45) is 2.14. The Hall–Kier alpha value is -1.10. The summed E-state index contributed by atoms with van der Waals surface area (Å²) in [4.78, 5) is 3.78. The molecule has 0 bridgehead atoms. The zero-order valence-electron chi connectivity index (χ0n) is 10.0. The molecule has 0 aliphatic rings. The van der Waals surface area contributed by atoms with E-state index in [-0.39, 0.29) is 22.2 Å². The number of thiocarbonyl (C=S) groups is 1. The molecular weight excluding hydrogens is 310 g/mol. The fraction of sp³-hybridized carbons (Fsp3) is 0.333. The number of hydrogen-bond donors (Lipinski definition) is 2. The molecule has 0 saturated carbocycles. The standard InChI is InChI=1S/C9H13N3O4S3/c1-18(13,14)5-4-12-19(15,16)7-2-3-8(9(10)17)11-6-7/h2-3,6,12H,4-5H2,1H3,(H2,10,17). The van der Waals surface area contributed by atoms with Gasteiger partial charge in [-0.2, -0.15) is 0 Å². The Morgan fingerprint density at radius 1 is 1.37 bits per heavy atom. The van der Waals surface area contributed by atoms with Crippen molar-refractivity contribution >= 4 is 37.1 Å². The van der Waals surface area contributed by atoms with Gasteiger partial charge in [-0.15, -0.1) is 0 Å². The smallest absolute Gasteiger partial charge is 0.242 e. The van der Waals surface area contributed by atoms with Crippen molar-refractivity contribution in [3.8, 4) is 0 Å². The molecule has 1 aromatic heterocycles. The van der Waals surface area contributed by atoms with Crippen LogP contribution in [0.1, 0.15) is 5.69 Å². The summed E-state index contributed by atoms with van der Waals surface area (Å²) in [6, 6.07) is 2.68. The summed E-state index contributed by atoms with van der Waals surface area (Å²) >= 11 is 4.69. The van der Waals surface area contributed by atoms with Gasteiger partial charge in [-0.3, -0.25) is 4.98 Å². The Labute approximate surface area is 117 Å². The number of sulfonamides is 1. The third-order valence-corrected chi connectivity index (χ3v) is 4.67. The van der Waals surface area contributed by atoms with Gasteiger partial charge in [-0.25, -0.2) is 21.6 Å². The highest BCUT2D eigenvalue weighted by Crippen LogP contribution is 2.07. The monoisotopic (exact) mass is 323 g/mol. The van der Waals surface area contributed by atoms with Crippen LogP contribution in [-0.2, 0) is 19.9 Å². The van der Waals surface area contributed by atoms with Crippen LogP contribution in [0.2, 0.25) is 0 Å². The molecule has 0 unspecified atom stereocenters. The summed E-state index contributed by atoms with van der Waals surface area (Å²) in [5, 5.41) is 0. The zero-order valence-corrected chi connectivity index (χ0v) is 12.5. The molecule has 0 amide bonds. The molecule has 1 rings (SSSR count). The van der Waals surface area contributed by atoms with E-state index >= 15 is 0 Å². The normalized spacial score (nSPS) is 12.3. The largest absolute Gasteiger partial charge is 0.388 e. The summed E-state index contributed by atoms with van der Waals surface area (Å²) in [5.74, 6) is -0.273. The zero-order chi connectivity index (χ0) is 14.7. The molecule has 19 heavy (non-hydrogen) atoms. The second-order valence-electron chi connectivity index (χ2n) is 3.77. The highest BCUT2D eigenvalue weighted by atomic mass is 32.2. The van der Waals surface area contributed by atoms with E-state index in [4.69, 9.17) is 18.0 Å². The number of rotatable bonds is 6. The quantitative estimate of drug-likeness (QED) is 0.647. The van der Waals surface area contributed by atoms with Crippen LogP contribution in [0.3, 0.4) is 0 Å².